The molecule has 3 saturated carbocycles. The molecule has 0 aromatic heterocycles. The van der Waals surface area contributed by atoms with E-state index in [0.29, 0.717) is 19.3 Å². The third kappa shape index (κ3) is 2.97. The quantitative estimate of drug-likeness (QED) is 0.705. The zero-order chi connectivity index (χ0) is 23.4. The van der Waals surface area contributed by atoms with Crippen LogP contribution in [-0.2, 0) is 14.3 Å². The standard InChI is InChI=1S/C23H31FO5.C2H6/c1-13(29-4)19(27)22(28)10-8-16-17-6-5-14-11-15(25)7-9-20(14,2)23(17,24)18(26)12-21(16,22)3;1-2/h7,9,11,13,16-18,26,28H,5-6,8,10,12H2,1-4H3;1-2H3. The summed E-state index contributed by atoms with van der Waals surface area (Å²) in [6, 6.07) is 0. The molecule has 0 aromatic rings. The Bertz CT molecular complexity index is 821. The minimum atomic E-state index is -1.94. The van der Waals surface area contributed by atoms with Crippen LogP contribution in [0.1, 0.15) is 66.7 Å². The van der Waals surface area contributed by atoms with E-state index in [1.54, 1.807) is 19.9 Å². The van der Waals surface area contributed by atoms with Gasteiger partial charge in [0.15, 0.2) is 17.2 Å². The molecule has 4 rings (SSSR count). The zero-order valence-corrected chi connectivity index (χ0v) is 19.6. The number of aliphatic hydroxyl groups is 2. The Morgan fingerprint density at radius 2 is 1.90 bits per heavy atom. The number of halogens is 1. The van der Waals surface area contributed by atoms with Crippen LogP contribution in [0.5, 0.6) is 0 Å². The average Bonchev–Trinajstić information content (AvgIpc) is 3.01. The summed E-state index contributed by atoms with van der Waals surface area (Å²) in [5, 5.41) is 22.7. The van der Waals surface area contributed by atoms with Crippen molar-refractivity contribution in [3.05, 3.63) is 23.8 Å². The van der Waals surface area contributed by atoms with Gasteiger partial charge in [0.1, 0.15) is 11.7 Å². The molecular formula is C25H37FO5. The summed E-state index contributed by atoms with van der Waals surface area (Å²) < 4.78 is 22.1. The van der Waals surface area contributed by atoms with E-state index in [9.17, 15) is 19.8 Å². The van der Waals surface area contributed by atoms with Crippen LogP contribution in [0.25, 0.3) is 0 Å². The molecule has 4 aliphatic carbocycles. The molecule has 0 heterocycles. The lowest BCUT2D eigenvalue weighted by Crippen LogP contribution is -2.69. The predicted octanol–water partition coefficient (Wildman–Crippen LogP) is 3.72. The Labute approximate surface area is 184 Å². The van der Waals surface area contributed by atoms with Gasteiger partial charge in [-0.25, -0.2) is 4.39 Å². The summed E-state index contributed by atoms with van der Waals surface area (Å²) in [6.07, 6.45) is 4.21. The minimum Gasteiger partial charge on any atom is -0.390 e. The Hall–Kier alpha value is -1.37. The maximum Gasteiger partial charge on any atom is 0.193 e. The maximum absolute atomic E-state index is 16.9. The van der Waals surface area contributed by atoms with E-state index in [4.69, 9.17) is 4.74 Å². The predicted molar refractivity (Wildman–Crippen MR) is 116 cm³/mol. The Kier molecular flexibility index (Phi) is 6.18. The van der Waals surface area contributed by atoms with Crippen LogP contribution in [-0.4, -0.2) is 52.4 Å². The monoisotopic (exact) mass is 436 g/mol. The van der Waals surface area contributed by atoms with Gasteiger partial charge >= 0.3 is 0 Å². The topological polar surface area (TPSA) is 83.8 Å². The van der Waals surface area contributed by atoms with Gasteiger partial charge in [0.2, 0.25) is 0 Å². The number of alkyl halides is 1. The van der Waals surface area contributed by atoms with Gasteiger partial charge in [-0.2, -0.15) is 0 Å². The highest BCUT2D eigenvalue weighted by Crippen LogP contribution is 2.69. The van der Waals surface area contributed by atoms with Crippen molar-refractivity contribution in [1.29, 1.82) is 0 Å². The van der Waals surface area contributed by atoms with Gasteiger partial charge in [0.05, 0.1) is 6.10 Å². The largest absolute Gasteiger partial charge is 0.390 e. The summed E-state index contributed by atoms with van der Waals surface area (Å²) in [7, 11) is 1.43. The number of carbonyl (C=O) groups is 2. The maximum atomic E-state index is 16.9. The van der Waals surface area contributed by atoms with Gasteiger partial charge in [0, 0.05) is 23.9 Å². The number of Topliss-reactive ketones (excluding diaryl/α,β-unsaturated/α-hetero) is 1. The zero-order valence-electron chi connectivity index (χ0n) is 19.6. The summed E-state index contributed by atoms with van der Waals surface area (Å²) in [4.78, 5) is 24.9. The first-order valence-electron chi connectivity index (χ1n) is 11.6. The lowest BCUT2D eigenvalue weighted by Gasteiger charge is -2.62. The number of hydrogen-bond acceptors (Lipinski definition) is 5. The number of rotatable bonds is 3. The number of aliphatic hydroxyl groups excluding tert-OH is 1. The Morgan fingerprint density at radius 1 is 1.26 bits per heavy atom. The highest BCUT2D eigenvalue weighted by Gasteiger charge is 2.74. The summed E-state index contributed by atoms with van der Waals surface area (Å²) >= 11 is 0. The van der Waals surface area contributed by atoms with E-state index < -0.39 is 46.0 Å². The third-order valence-corrected chi connectivity index (χ3v) is 8.92. The molecule has 5 nitrogen and oxygen atoms in total. The fourth-order valence-corrected chi connectivity index (χ4v) is 7.06. The molecule has 174 valence electrons. The second kappa shape index (κ2) is 7.89. The molecule has 2 N–H and O–H groups in total. The minimum absolute atomic E-state index is 0.00595. The van der Waals surface area contributed by atoms with Crippen LogP contribution in [0.3, 0.4) is 0 Å². The van der Waals surface area contributed by atoms with E-state index >= 15 is 4.39 Å². The van der Waals surface area contributed by atoms with Crippen LogP contribution in [0.2, 0.25) is 0 Å². The first kappa shape index (κ1) is 24.3. The van der Waals surface area contributed by atoms with Crippen LogP contribution in [0.15, 0.2) is 23.8 Å². The van der Waals surface area contributed by atoms with Crippen molar-refractivity contribution < 1.29 is 28.9 Å². The van der Waals surface area contributed by atoms with Crippen LogP contribution < -0.4 is 0 Å². The molecule has 0 radical (unpaired) electrons. The number of fused-ring (bicyclic) bond motifs is 5. The van der Waals surface area contributed by atoms with Crippen molar-refractivity contribution in [2.24, 2.45) is 22.7 Å². The van der Waals surface area contributed by atoms with Crippen molar-refractivity contribution in [3.8, 4) is 0 Å². The van der Waals surface area contributed by atoms with Gasteiger partial charge in [-0.05, 0) is 64.0 Å². The lowest BCUT2D eigenvalue weighted by atomic mass is 9.44. The first-order chi connectivity index (χ1) is 14.5. The fourth-order valence-electron chi connectivity index (χ4n) is 7.06. The smallest absolute Gasteiger partial charge is 0.193 e. The van der Waals surface area contributed by atoms with Gasteiger partial charge in [0.25, 0.3) is 0 Å². The molecule has 0 saturated heterocycles. The van der Waals surface area contributed by atoms with Crippen LogP contribution >= 0.6 is 0 Å². The van der Waals surface area contributed by atoms with Crippen molar-refractivity contribution in [2.45, 2.75) is 90.2 Å². The van der Waals surface area contributed by atoms with Gasteiger partial charge in [-0.1, -0.05) is 32.4 Å². The molecule has 3 fully saturated rings. The van der Waals surface area contributed by atoms with E-state index in [-0.39, 0.29) is 24.5 Å². The van der Waals surface area contributed by atoms with E-state index in [0.717, 1.165) is 5.57 Å². The normalized spacial score (nSPS) is 46.7. The molecule has 0 aromatic carbocycles. The molecule has 6 heteroatoms. The highest BCUT2D eigenvalue weighted by molar-refractivity contribution is 6.01. The van der Waals surface area contributed by atoms with Gasteiger partial charge in [-0.3, -0.25) is 9.59 Å². The van der Waals surface area contributed by atoms with Crippen molar-refractivity contribution in [3.63, 3.8) is 0 Å². The molecule has 4 aliphatic rings. The number of hydrogen-bond donors (Lipinski definition) is 2. The molecule has 8 atom stereocenters. The molecule has 0 amide bonds. The first-order valence-corrected chi connectivity index (χ1v) is 11.6. The van der Waals surface area contributed by atoms with E-state index in [1.165, 1.54) is 19.3 Å². The summed E-state index contributed by atoms with van der Waals surface area (Å²) in [5.41, 5.74) is -4.86. The van der Waals surface area contributed by atoms with Crippen molar-refractivity contribution in [2.75, 3.05) is 7.11 Å². The van der Waals surface area contributed by atoms with Crippen LogP contribution in [0, 0.1) is 22.7 Å². The molecule has 0 bridgehead atoms. The lowest BCUT2D eigenvalue weighted by molar-refractivity contribution is -0.218. The number of carbonyl (C=O) groups excluding carboxylic acids is 2. The SMILES string of the molecule is CC.COC(C)C(=O)C1(O)CCC2C3CCC4=CC(=O)C=CC4(C)C3(F)C(O)CC21C. The molecule has 8 unspecified atom stereocenters. The van der Waals surface area contributed by atoms with E-state index in [2.05, 4.69) is 0 Å². The molecular weight excluding hydrogens is 399 g/mol. The fraction of sp³-hybridized carbons (Fsp3) is 0.760. The van der Waals surface area contributed by atoms with Crippen molar-refractivity contribution in [1.82, 2.24) is 0 Å². The average molecular weight is 437 g/mol. The second-order valence-corrected chi connectivity index (χ2v) is 9.91. The third-order valence-electron chi connectivity index (χ3n) is 8.92. The number of ketones is 2. The van der Waals surface area contributed by atoms with Gasteiger partial charge < -0.3 is 14.9 Å². The molecule has 0 aliphatic heterocycles. The second-order valence-electron chi connectivity index (χ2n) is 9.91. The summed E-state index contributed by atoms with van der Waals surface area (Å²) in [5.74, 6) is -1.28. The highest BCUT2D eigenvalue weighted by atomic mass is 19.1. The van der Waals surface area contributed by atoms with Gasteiger partial charge in [-0.15, -0.1) is 0 Å². The molecule has 31 heavy (non-hydrogen) atoms. The van der Waals surface area contributed by atoms with Crippen molar-refractivity contribution >= 4 is 11.6 Å². The summed E-state index contributed by atoms with van der Waals surface area (Å²) in [6.45, 7) is 9.19. The van der Waals surface area contributed by atoms with Crippen LogP contribution in [0.4, 0.5) is 4.39 Å². The molecule has 0 spiro atoms. The number of ether oxygens (including phenoxy) is 1. The Balaban J connectivity index is 0.00000132. The number of allylic oxidation sites excluding steroid dienone is 4. The van der Waals surface area contributed by atoms with E-state index in [1.807, 2.05) is 20.8 Å². The Morgan fingerprint density at radius 3 is 2.52 bits per heavy atom. The number of methoxy groups -OCH3 is 1.